The maximum absolute atomic E-state index is 11.8. The molecule has 1 unspecified atom stereocenters. The molecule has 0 saturated carbocycles. The van der Waals surface area contributed by atoms with Crippen molar-refractivity contribution in [2.24, 2.45) is 11.1 Å². The number of ether oxygens (including phenoxy) is 1. The van der Waals surface area contributed by atoms with E-state index in [9.17, 15) is 4.79 Å². The number of rotatable bonds is 5. The normalized spacial score (nSPS) is 14.2. The maximum atomic E-state index is 11.8. The van der Waals surface area contributed by atoms with Crippen LogP contribution in [0.4, 0.5) is 0 Å². The van der Waals surface area contributed by atoms with E-state index >= 15 is 0 Å². The fraction of sp³-hybridized carbons (Fsp3) is 0.500. The number of carbonyl (C=O) groups excluding carboxylic acids is 1. The molecule has 1 aromatic heterocycles. The van der Waals surface area contributed by atoms with Crippen molar-refractivity contribution in [3.63, 3.8) is 0 Å². The van der Waals surface area contributed by atoms with E-state index in [4.69, 9.17) is 10.5 Å². The van der Waals surface area contributed by atoms with Crippen LogP contribution in [-0.2, 0) is 16.0 Å². The Morgan fingerprint density at radius 1 is 1.62 bits per heavy atom. The number of nitrogens with two attached hydrogens (primary N) is 1. The Morgan fingerprint density at radius 2 is 2.38 bits per heavy atom. The van der Waals surface area contributed by atoms with Gasteiger partial charge in [-0.3, -0.25) is 9.78 Å². The standard InChI is InChI=1S/C12H18N2O2/c1-3-16-11(15)12(2,9-13)7-10-5-4-6-14-8-10/h4-6,8H,3,7,9,13H2,1-2H3. The average molecular weight is 222 g/mol. The molecule has 0 spiro atoms. The van der Waals surface area contributed by atoms with Gasteiger partial charge in [0.1, 0.15) is 0 Å². The Labute approximate surface area is 95.8 Å². The van der Waals surface area contributed by atoms with Crippen LogP contribution in [0.3, 0.4) is 0 Å². The summed E-state index contributed by atoms with van der Waals surface area (Å²) < 4.78 is 5.03. The topological polar surface area (TPSA) is 65.2 Å². The van der Waals surface area contributed by atoms with Crippen LogP contribution in [0.5, 0.6) is 0 Å². The molecule has 0 radical (unpaired) electrons. The first kappa shape index (κ1) is 12.6. The summed E-state index contributed by atoms with van der Waals surface area (Å²) in [7, 11) is 0. The van der Waals surface area contributed by atoms with Crippen molar-refractivity contribution in [3.05, 3.63) is 30.1 Å². The maximum Gasteiger partial charge on any atom is 0.313 e. The SMILES string of the molecule is CCOC(=O)C(C)(CN)Cc1cccnc1. The minimum Gasteiger partial charge on any atom is -0.466 e. The highest BCUT2D eigenvalue weighted by atomic mass is 16.5. The number of pyridine rings is 1. The molecule has 88 valence electrons. The molecule has 16 heavy (non-hydrogen) atoms. The predicted molar refractivity (Wildman–Crippen MR) is 61.7 cm³/mol. The zero-order chi connectivity index (χ0) is 12.0. The van der Waals surface area contributed by atoms with E-state index in [2.05, 4.69) is 4.98 Å². The summed E-state index contributed by atoms with van der Waals surface area (Å²) in [5.74, 6) is -0.249. The van der Waals surface area contributed by atoms with Gasteiger partial charge >= 0.3 is 5.97 Å². The third-order valence-electron chi connectivity index (χ3n) is 2.54. The van der Waals surface area contributed by atoms with Gasteiger partial charge in [-0.1, -0.05) is 6.07 Å². The van der Waals surface area contributed by atoms with Crippen LogP contribution in [0.25, 0.3) is 0 Å². The molecule has 1 heterocycles. The van der Waals surface area contributed by atoms with E-state index in [0.29, 0.717) is 13.0 Å². The fourth-order valence-electron chi connectivity index (χ4n) is 1.49. The molecule has 1 rings (SSSR count). The fourth-order valence-corrected chi connectivity index (χ4v) is 1.49. The number of aromatic nitrogens is 1. The van der Waals surface area contributed by atoms with Crippen LogP contribution in [0.2, 0.25) is 0 Å². The zero-order valence-electron chi connectivity index (χ0n) is 9.77. The molecule has 0 amide bonds. The van der Waals surface area contributed by atoms with Crippen molar-refractivity contribution in [1.29, 1.82) is 0 Å². The van der Waals surface area contributed by atoms with Gasteiger partial charge in [-0.05, 0) is 31.9 Å². The summed E-state index contributed by atoms with van der Waals surface area (Å²) in [4.78, 5) is 15.8. The van der Waals surface area contributed by atoms with Crippen molar-refractivity contribution < 1.29 is 9.53 Å². The lowest BCUT2D eigenvalue weighted by Crippen LogP contribution is -2.39. The van der Waals surface area contributed by atoms with Gasteiger partial charge in [0.2, 0.25) is 0 Å². The summed E-state index contributed by atoms with van der Waals surface area (Å²) in [5, 5.41) is 0. The second-order valence-corrected chi connectivity index (χ2v) is 4.02. The Balaban J connectivity index is 2.78. The smallest absolute Gasteiger partial charge is 0.313 e. The van der Waals surface area contributed by atoms with Crippen molar-refractivity contribution in [1.82, 2.24) is 4.98 Å². The number of carbonyl (C=O) groups is 1. The molecule has 1 aromatic rings. The van der Waals surface area contributed by atoms with Gasteiger partial charge in [0.15, 0.2) is 0 Å². The molecule has 4 nitrogen and oxygen atoms in total. The number of esters is 1. The first-order valence-electron chi connectivity index (χ1n) is 5.38. The van der Waals surface area contributed by atoms with Crippen LogP contribution in [0, 0.1) is 5.41 Å². The number of hydrogen-bond acceptors (Lipinski definition) is 4. The van der Waals surface area contributed by atoms with Crippen molar-refractivity contribution >= 4 is 5.97 Å². The molecule has 0 aliphatic heterocycles. The summed E-state index contributed by atoms with van der Waals surface area (Å²) >= 11 is 0. The molecule has 2 N–H and O–H groups in total. The van der Waals surface area contributed by atoms with Gasteiger partial charge in [-0.15, -0.1) is 0 Å². The van der Waals surface area contributed by atoms with Gasteiger partial charge < -0.3 is 10.5 Å². The van der Waals surface area contributed by atoms with Crippen LogP contribution < -0.4 is 5.73 Å². The van der Waals surface area contributed by atoms with Crippen LogP contribution >= 0.6 is 0 Å². The van der Waals surface area contributed by atoms with Gasteiger partial charge in [0, 0.05) is 18.9 Å². The summed E-state index contributed by atoms with van der Waals surface area (Å²) in [6.45, 7) is 4.25. The predicted octanol–water partition coefficient (Wildman–Crippen LogP) is 1.15. The highest BCUT2D eigenvalue weighted by molar-refractivity contribution is 5.77. The molecule has 1 atom stereocenters. The summed E-state index contributed by atoms with van der Waals surface area (Å²) in [6, 6.07) is 3.78. The Morgan fingerprint density at radius 3 is 2.88 bits per heavy atom. The summed E-state index contributed by atoms with van der Waals surface area (Å²) in [6.07, 6.45) is 4.00. The van der Waals surface area contributed by atoms with Crippen molar-refractivity contribution in [2.75, 3.05) is 13.2 Å². The van der Waals surface area contributed by atoms with E-state index in [1.165, 1.54) is 0 Å². The second-order valence-electron chi connectivity index (χ2n) is 4.02. The van der Waals surface area contributed by atoms with Crippen LogP contribution in [-0.4, -0.2) is 24.1 Å². The summed E-state index contributed by atoms with van der Waals surface area (Å²) in [5.41, 5.74) is 5.99. The van der Waals surface area contributed by atoms with Gasteiger partial charge in [0.05, 0.1) is 12.0 Å². The second kappa shape index (κ2) is 5.61. The Kier molecular flexibility index (Phi) is 4.43. The monoisotopic (exact) mass is 222 g/mol. The molecule has 0 aliphatic carbocycles. The average Bonchev–Trinajstić information content (AvgIpc) is 2.30. The van der Waals surface area contributed by atoms with E-state index in [1.807, 2.05) is 19.1 Å². The number of nitrogens with zero attached hydrogens (tertiary/aromatic N) is 1. The quantitative estimate of drug-likeness (QED) is 0.759. The van der Waals surface area contributed by atoms with E-state index in [1.54, 1.807) is 19.3 Å². The van der Waals surface area contributed by atoms with E-state index < -0.39 is 5.41 Å². The Hall–Kier alpha value is -1.42. The van der Waals surface area contributed by atoms with E-state index in [0.717, 1.165) is 5.56 Å². The lowest BCUT2D eigenvalue weighted by Gasteiger charge is -2.25. The lowest BCUT2D eigenvalue weighted by atomic mass is 9.84. The lowest BCUT2D eigenvalue weighted by molar-refractivity contribution is -0.153. The highest BCUT2D eigenvalue weighted by Gasteiger charge is 2.33. The van der Waals surface area contributed by atoms with Crippen molar-refractivity contribution in [2.45, 2.75) is 20.3 Å². The number of hydrogen-bond donors (Lipinski definition) is 1. The molecule has 0 saturated heterocycles. The van der Waals surface area contributed by atoms with Crippen LogP contribution in [0.15, 0.2) is 24.5 Å². The molecule has 0 aromatic carbocycles. The molecule has 0 bridgehead atoms. The minimum atomic E-state index is -0.668. The molecular formula is C12H18N2O2. The molecule has 0 aliphatic rings. The Bertz CT molecular complexity index is 340. The third-order valence-corrected chi connectivity index (χ3v) is 2.54. The first-order chi connectivity index (χ1) is 7.62. The zero-order valence-corrected chi connectivity index (χ0v) is 9.77. The van der Waals surface area contributed by atoms with E-state index in [-0.39, 0.29) is 12.5 Å². The third kappa shape index (κ3) is 3.03. The highest BCUT2D eigenvalue weighted by Crippen LogP contribution is 2.22. The minimum absolute atomic E-state index is 0.249. The first-order valence-corrected chi connectivity index (χ1v) is 5.38. The molecule has 0 fully saturated rings. The van der Waals surface area contributed by atoms with Gasteiger partial charge in [-0.25, -0.2) is 0 Å². The largest absolute Gasteiger partial charge is 0.466 e. The van der Waals surface area contributed by atoms with Crippen LogP contribution in [0.1, 0.15) is 19.4 Å². The molecular weight excluding hydrogens is 204 g/mol. The molecule has 4 heteroatoms. The van der Waals surface area contributed by atoms with Gasteiger partial charge in [-0.2, -0.15) is 0 Å². The van der Waals surface area contributed by atoms with Crippen molar-refractivity contribution in [3.8, 4) is 0 Å². The van der Waals surface area contributed by atoms with Gasteiger partial charge in [0.25, 0.3) is 0 Å².